The molecule has 0 saturated carbocycles. The lowest BCUT2D eigenvalue weighted by molar-refractivity contribution is 0.412. The van der Waals surface area contributed by atoms with Crippen molar-refractivity contribution in [3.05, 3.63) is 42.5 Å². The maximum Gasteiger partial charge on any atom is 0.0850 e. The summed E-state index contributed by atoms with van der Waals surface area (Å²) in [5.41, 5.74) is 2.41. The van der Waals surface area contributed by atoms with Crippen LogP contribution in [0, 0.1) is 0 Å². The molecule has 1 nitrogen and oxygen atoms in total. The Balaban J connectivity index is 2.03. The zero-order valence-electron chi connectivity index (χ0n) is 6.99. The monoisotopic (exact) mass is 160 g/mol. The molecule has 1 heteroatoms. The van der Waals surface area contributed by atoms with Crippen molar-refractivity contribution in [2.75, 3.05) is 6.61 Å². The second-order valence-electron chi connectivity index (χ2n) is 3.13. The van der Waals surface area contributed by atoms with Gasteiger partial charge >= 0.3 is 0 Å². The van der Waals surface area contributed by atoms with Crippen LogP contribution in [0.2, 0.25) is 0 Å². The van der Waals surface area contributed by atoms with Crippen LogP contribution >= 0.6 is 0 Å². The third kappa shape index (κ3) is 1.74. The summed E-state index contributed by atoms with van der Waals surface area (Å²) in [7, 11) is 0. The zero-order valence-corrected chi connectivity index (χ0v) is 6.99. The number of benzene rings is 1. The van der Waals surface area contributed by atoms with E-state index in [0.29, 0.717) is 6.10 Å². The lowest BCUT2D eigenvalue weighted by Crippen LogP contribution is -1.88. The standard InChI is InChI=1S/C11H12O/c1-9(7-11-8-12-11)10-5-3-2-4-6-10/h2-6,11H,1,7-8H2. The van der Waals surface area contributed by atoms with Crippen molar-refractivity contribution in [3.8, 4) is 0 Å². The van der Waals surface area contributed by atoms with E-state index in [-0.39, 0.29) is 0 Å². The molecular formula is C11H12O. The molecule has 12 heavy (non-hydrogen) atoms. The molecular weight excluding hydrogens is 148 g/mol. The predicted octanol–water partition coefficient (Wildman–Crippen LogP) is 2.49. The van der Waals surface area contributed by atoms with Crippen LogP contribution in [0.1, 0.15) is 12.0 Å². The molecule has 62 valence electrons. The third-order valence-electron chi connectivity index (χ3n) is 2.06. The molecule has 1 aromatic rings. The first-order valence-electron chi connectivity index (χ1n) is 4.21. The van der Waals surface area contributed by atoms with E-state index < -0.39 is 0 Å². The van der Waals surface area contributed by atoms with E-state index in [1.165, 1.54) is 11.1 Å². The van der Waals surface area contributed by atoms with Crippen molar-refractivity contribution in [2.45, 2.75) is 12.5 Å². The first-order valence-corrected chi connectivity index (χ1v) is 4.21. The number of ether oxygens (including phenoxy) is 1. The van der Waals surface area contributed by atoms with E-state index >= 15 is 0 Å². The lowest BCUT2D eigenvalue weighted by atomic mass is 10.0. The summed E-state index contributed by atoms with van der Waals surface area (Å²) in [6.07, 6.45) is 1.42. The molecule has 0 radical (unpaired) electrons. The number of epoxide rings is 1. The number of hydrogen-bond acceptors (Lipinski definition) is 1. The Hall–Kier alpha value is -1.08. The number of rotatable bonds is 3. The molecule has 1 heterocycles. The average molecular weight is 160 g/mol. The average Bonchev–Trinajstić information content (AvgIpc) is 2.90. The summed E-state index contributed by atoms with van der Waals surface area (Å²) >= 11 is 0. The van der Waals surface area contributed by atoms with Crippen molar-refractivity contribution in [1.29, 1.82) is 0 Å². The quantitative estimate of drug-likeness (QED) is 0.619. The second kappa shape index (κ2) is 3.11. The minimum absolute atomic E-state index is 0.442. The minimum atomic E-state index is 0.442. The van der Waals surface area contributed by atoms with Gasteiger partial charge in [0.15, 0.2) is 0 Å². The van der Waals surface area contributed by atoms with Crippen LogP contribution in [0.5, 0.6) is 0 Å². The highest BCUT2D eigenvalue weighted by Crippen LogP contribution is 2.24. The molecule has 0 bridgehead atoms. The van der Waals surface area contributed by atoms with Gasteiger partial charge in [0.05, 0.1) is 12.7 Å². The van der Waals surface area contributed by atoms with Gasteiger partial charge in [-0.25, -0.2) is 0 Å². The lowest BCUT2D eigenvalue weighted by Gasteiger charge is -2.01. The van der Waals surface area contributed by atoms with Crippen LogP contribution in [0.4, 0.5) is 0 Å². The SMILES string of the molecule is C=C(CC1CO1)c1ccccc1. The van der Waals surface area contributed by atoms with Gasteiger partial charge in [-0.15, -0.1) is 0 Å². The molecule has 0 N–H and O–H groups in total. The summed E-state index contributed by atoms with van der Waals surface area (Å²) in [6.45, 7) is 4.93. The van der Waals surface area contributed by atoms with Gasteiger partial charge in [-0.1, -0.05) is 36.9 Å². The van der Waals surface area contributed by atoms with Crippen molar-refractivity contribution in [1.82, 2.24) is 0 Å². The normalized spacial score (nSPS) is 20.5. The van der Waals surface area contributed by atoms with Crippen molar-refractivity contribution >= 4 is 5.57 Å². The van der Waals surface area contributed by atoms with E-state index in [4.69, 9.17) is 4.74 Å². The molecule has 0 amide bonds. The maximum absolute atomic E-state index is 5.14. The molecule has 1 fully saturated rings. The zero-order chi connectivity index (χ0) is 8.39. The van der Waals surface area contributed by atoms with Crippen LogP contribution in [0.25, 0.3) is 5.57 Å². The predicted molar refractivity (Wildman–Crippen MR) is 49.8 cm³/mol. The minimum Gasteiger partial charge on any atom is -0.373 e. The Labute approximate surface area is 72.7 Å². The fourth-order valence-corrected chi connectivity index (χ4v) is 1.25. The van der Waals surface area contributed by atoms with Gasteiger partial charge in [-0.3, -0.25) is 0 Å². The summed E-state index contributed by atoms with van der Waals surface area (Å²) < 4.78 is 5.14. The Morgan fingerprint density at radius 2 is 2.08 bits per heavy atom. The molecule has 0 spiro atoms. The molecule has 1 saturated heterocycles. The largest absolute Gasteiger partial charge is 0.373 e. The van der Waals surface area contributed by atoms with Crippen molar-refractivity contribution in [3.63, 3.8) is 0 Å². The van der Waals surface area contributed by atoms with E-state index in [2.05, 4.69) is 18.7 Å². The van der Waals surface area contributed by atoms with Crippen LogP contribution < -0.4 is 0 Å². The van der Waals surface area contributed by atoms with Gasteiger partial charge in [-0.2, -0.15) is 0 Å². The second-order valence-corrected chi connectivity index (χ2v) is 3.13. The fraction of sp³-hybridized carbons (Fsp3) is 0.273. The number of hydrogen-bond donors (Lipinski definition) is 0. The first kappa shape index (κ1) is 7.56. The van der Waals surface area contributed by atoms with Crippen LogP contribution in [0.15, 0.2) is 36.9 Å². The Morgan fingerprint density at radius 3 is 2.67 bits per heavy atom. The smallest absolute Gasteiger partial charge is 0.0850 e. The molecule has 1 aliphatic heterocycles. The van der Waals surface area contributed by atoms with E-state index in [0.717, 1.165) is 13.0 Å². The highest BCUT2D eigenvalue weighted by atomic mass is 16.6. The molecule has 0 aromatic heterocycles. The van der Waals surface area contributed by atoms with Gasteiger partial charge in [0.25, 0.3) is 0 Å². The van der Waals surface area contributed by atoms with E-state index in [1.807, 2.05) is 18.2 Å². The third-order valence-corrected chi connectivity index (χ3v) is 2.06. The summed E-state index contributed by atoms with van der Waals surface area (Å²) in [4.78, 5) is 0. The first-order chi connectivity index (χ1) is 5.86. The molecule has 2 rings (SSSR count). The Bertz CT molecular complexity index is 272. The summed E-state index contributed by atoms with van der Waals surface area (Å²) in [6, 6.07) is 10.3. The van der Waals surface area contributed by atoms with E-state index in [1.54, 1.807) is 0 Å². The molecule has 0 aliphatic carbocycles. The maximum atomic E-state index is 5.14. The Morgan fingerprint density at radius 1 is 1.42 bits per heavy atom. The highest BCUT2D eigenvalue weighted by Gasteiger charge is 2.23. The van der Waals surface area contributed by atoms with Gasteiger partial charge in [-0.05, 0) is 11.1 Å². The molecule has 1 aliphatic rings. The highest BCUT2D eigenvalue weighted by molar-refractivity contribution is 5.63. The van der Waals surface area contributed by atoms with Gasteiger partial charge in [0.1, 0.15) is 0 Å². The van der Waals surface area contributed by atoms with Crippen LogP contribution in [-0.4, -0.2) is 12.7 Å². The van der Waals surface area contributed by atoms with E-state index in [9.17, 15) is 0 Å². The van der Waals surface area contributed by atoms with Gasteiger partial charge in [0.2, 0.25) is 0 Å². The topological polar surface area (TPSA) is 12.5 Å². The van der Waals surface area contributed by atoms with Gasteiger partial charge in [0, 0.05) is 6.42 Å². The molecule has 1 unspecified atom stereocenters. The van der Waals surface area contributed by atoms with Crippen molar-refractivity contribution in [2.24, 2.45) is 0 Å². The summed E-state index contributed by atoms with van der Waals surface area (Å²) in [5.74, 6) is 0. The molecule has 1 aromatic carbocycles. The summed E-state index contributed by atoms with van der Waals surface area (Å²) in [5, 5.41) is 0. The van der Waals surface area contributed by atoms with Crippen molar-refractivity contribution < 1.29 is 4.74 Å². The van der Waals surface area contributed by atoms with Gasteiger partial charge < -0.3 is 4.74 Å². The Kier molecular flexibility index (Phi) is 1.96. The fourth-order valence-electron chi connectivity index (χ4n) is 1.25. The van der Waals surface area contributed by atoms with Crippen LogP contribution in [-0.2, 0) is 4.74 Å². The molecule has 1 atom stereocenters. The van der Waals surface area contributed by atoms with Crippen LogP contribution in [0.3, 0.4) is 0 Å².